The van der Waals surface area contributed by atoms with Crippen LogP contribution in [0.25, 0.3) is 0 Å². The average Bonchev–Trinajstić information content (AvgIpc) is 2.58. The van der Waals surface area contributed by atoms with E-state index in [0.717, 1.165) is 25.8 Å². The molecule has 0 saturated heterocycles. The van der Waals surface area contributed by atoms with Gasteiger partial charge in [-0.05, 0) is 57.1 Å². The Morgan fingerprint density at radius 3 is 2.12 bits per heavy atom. The molecule has 0 aromatic heterocycles. The van der Waals surface area contributed by atoms with Crippen molar-refractivity contribution in [2.45, 2.75) is 38.0 Å². The van der Waals surface area contributed by atoms with E-state index in [1.165, 1.54) is 16.4 Å². The number of nitrogens with zero attached hydrogens (tertiary/aromatic N) is 1. The number of carbonyl (C=O) groups excluding carboxylic acids is 1. The van der Waals surface area contributed by atoms with Crippen LogP contribution in [0.4, 0.5) is 0 Å². The van der Waals surface area contributed by atoms with E-state index in [1.54, 1.807) is 12.1 Å². The fourth-order valence-electron chi connectivity index (χ4n) is 2.35. The summed E-state index contributed by atoms with van der Waals surface area (Å²) in [6, 6.07) is 6.15. The van der Waals surface area contributed by atoms with E-state index in [2.05, 4.69) is 10.6 Å². The Morgan fingerprint density at radius 2 is 1.62 bits per heavy atom. The summed E-state index contributed by atoms with van der Waals surface area (Å²) in [5.74, 6) is -0.186. The van der Waals surface area contributed by atoms with E-state index < -0.39 is 10.0 Å². The van der Waals surface area contributed by atoms with Crippen molar-refractivity contribution < 1.29 is 13.2 Å². The summed E-state index contributed by atoms with van der Waals surface area (Å²) in [4.78, 5) is 12.2. The number of sulfonamides is 1. The van der Waals surface area contributed by atoms with Crippen molar-refractivity contribution in [3.8, 4) is 0 Å². The van der Waals surface area contributed by atoms with Crippen LogP contribution in [0, 0.1) is 0 Å². The van der Waals surface area contributed by atoms with Gasteiger partial charge in [0.15, 0.2) is 0 Å². The molecule has 0 radical (unpaired) electrons. The molecule has 0 aliphatic rings. The Balaban J connectivity index is 2.79. The Kier molecular flexibility index (Phi) is 8.95. The maximum atomic E-state index is 12.7. The number of hydrogen-bond donors (Lipinski definition) is 2. The van der Waals surface area contributed by atoms with Gasteiger partial charge in [-0.15, -0.1) is 0 Å². The molecule has 0 heterocycles. The average molecular weight is 356 g/mol. The number of amides is 1. The molecule has 136 valence electrons. The molecule has 0 aliphatic heterocycles. The third-order valence-electron chi connectivity index (χ3n) is 3.59. The van der Waals surface area contributed by atoms with Crippen molar-refractivity contribution in [1.82, 2.24) is 14.9 Å². The first kappa shape index (κ1) is 20.6. The highest BCUT2D eigenvalue weighted by atomic mass is 32.2. The quantitative estimate of drug-likeness (QED) is 0.594. The first-order chi connectivity index (χ1) is 11.5. The van der Waals surface area contributed by atoms with E-state index in [-0.39, 0.29) is 10.8 Å². The van der Waals surface area contributed by atoms with Crippen LogP contribution >= 0.6 is 0 Å². The van der Waals surface area contributed by atoms with Crippen molar-refractivity contribution >= 4 is 15.9 Å². The SMILES string of the molecule is CCCN(CCC)S(=O)(=O)c1ccc(C(=O)NCCCNC)cc1. The van der Waals surface area contributed by atoms with E-state index >= 15 is 0 Å². The molecule has 0 spiro atoms. The van der Waals surface area contributed by atoms with Crippen molar-refractivity contribution in [3.63, 3.8) is 0 Å². The molecule has 6 nitrogen and oxygen atoms in total. The third-order valence-corrected chi connectivity index (χ3v) is 5.50. The normalized spacial score (nSPS) is 11.7. The predicted octanol–water partition coefficient (Wildman–Crippen LogP) is 1.84. The minimum absolute atomic E-state index is 0.186. The van der Waals surface area contributed by atoms with Crippen molar-refractivity contribution in [3.05, 3.63) is 29.8 Å². The van der Waals surface area contributed by atoms with Crippen LogP contribution in [0.2, 0.25) is 0 Å². The second kappa shape index (κ2) is 10.4. The van der Waals surface area contributed by atoms with Gasteiger partial charge in [0.1, 0.15) is 0 Å². The first-order valence-electron chi connectivity index (χ1n) is 8.50. The lowest BCUT2D eigenvalue weighted by Gasteiger charge is -2.21. The smallest absolute Gasteiger partial charge is 0.251 e. The number of rotatable bonds is 11. The number of nitrogens with one attached hydrogen (secondary N) is 2. The first-order valence-corrected chi connectivity index (χ1v) is 9.94. The molecule has 1 amide bonds. The molecule has 0 fully saturated rings. The van der Waals surface area contributed by atoms with Gasteiger partial charge in [0.05, 0.1) is 4.90 Å². The minimum atomic E-state index is -3.50. The van der Waals surface area contributed by atoms with Gasteiger partial charge in [0.25, 0.3) is 5.91 Å². The van der Waals surface area contributed by atoms with Gasteiger partial charge < -0.3 is 10.6 Å². The lowest BCUT2D eigenvalue weighted by atomic mass is 10.2. The van der Waals surface area contributed by atoms with Crippen LogP contribution in [0.3, 0.4) is 0 Å². The summed E-state index contributed by atoms with van der Waals surface area (Å²) in [7, 11) is -1.64. The van der Waals surface area contributed by atoms with E-state index in [4.69, 9.17) is 0 Å². The number of benzene rings is 1. The van der Waals surface area contributed by atoms with Gasteiger partial charge in [-0.2, -0.15) is 4.31 Å². The van der Waals surface area contributed by atoms with Gasteiger partial charge in [-0.25, -0.2) is 8.42 Å². The summed E-state index contributed by atoms with van der Waals surface area (Å²) in [6.45, 7) is 6.34. The molecule has 2 N–H and O–H groups in total. The molecule has 7 heteroatoms. The molecule has 0 bridgehead atoms. The van der Waals surface area contributed by atoms with Gasteiger partial charge in [-0.3, -0.25) is 4.79 Å². The maximum absolute atomic E-state index is 12.7. The number of carbonyl (C=O) groups is 1. The van der Waals surface area contributed by atoms with Gasteiger partial charge >= 0.3 is 0 Å². The topological polar surface area (TPSA) is 78.5 Å². The molecule has 0 atom stereocenters. The Hall–Kier alpha value is -1.44. The zero-order valence-electron chi connectivity index (χ0n) is 14.8. The summed E-state index contributed by atoms with van der Waals surface area (Å²) < 4.78 is 26.8. The highest BCUT2D eigenvalue weighted by Crippen LogP contribution is 2.17. The summed E-state index contributed by atoms with van der Waals surface area (Å²) in [6.07, 6.45) is 2.39. The Labute approximate surface area is 145 Å². The molecule has 0 unspecified atom stereocenters. The second-order valence-electron chi connectivity index (χ2n) is 5.64. The zero-order valence-corrected chi connectivity index (χ0v) is 15.7. The fraction of sp³-hybridized carbons (Fsp3) is 0.588. The van der Waals surface area contributed by atoms with Crippen molar-refractivity contribution in [2.75, 3.05) is 33.2 Å². The van der Waals surface area contributed by atoms with Crippen molar-refractivity contribution in [1.29, 1.82) is 0 Å². The molecule has 24 heavy (non-hydrogen) atoms. The monoisotopic (exact) mass is 355 g/mol. The predicted molar refractivity (Wildman–Crippen MR) is 96.7 cm³/mol. The zero-order chi connectivity index (χ0) is 18.0. The molecular weight excluding hydrogens is 326 g/mol. The molecule has 0 aliphatic carbocycles. The molecular formula is C17H29N3O3S. The molecule has 1 rings (SSSR count). The highest BCUT2D eigenvalue weighted by molar-refractivity contribution is 7.89. The standard InChI is InChI=1S/C17H29N3O3S/c1-4-13-20(14-5-2)24(22,23)16-9-7-15(8-10-16)17(21)19-12-6-11-18-3/h7-10,18H,4-6,11-14H2,1-3H3,(H,19,21). The largest absolute Gasteiger partial charge is 0.352 e. The van der Waals surface area contributed by atoms with E-state index in [1.807, 2.05) is 20.9 Å². The van der Waals surface area contributed by atoms with Crippen LogP contribution in [0.1, 0.15) is 43.5 Å². The lowest BCUT2D eigenvalue weighted by molar-refractivity contribution is 0.0953. The summed E-state index contributed by atoms with van der Waals surface area (Å²) in [5, 5.41) is 5.83. The minimum Gasteiger partial charge on any atom is -0.352 e. The molecule has 0 saturated carbocycles. The fourth-order valence-corrected chi connectivity index (χ4v) is 3.97. The van der Waals surface area contributed by atoms with Crippen LogP contribution in [-0.2, 0) is 10.0 Å². The second-order valence-corrected chi connectivity index (χ2v) is 7.58. The van der Waals surface area contributed by atoms with Gasteiger partial charge in [0, 0.05) is 25.2 Å². The molecule has 1 aromatic rings. The lowest BCUT2D eigenvalue weighted by Crippen LogP contribution is -2.32. The Morgan fingerprint density at radius 1 is 1.04 bits per heavy atom. The van der Waals surface area contributed by atoms with Crippen LogP contribution < -0.4 is 10.6 Å². The summed E-state index contributed by atoms with van der Waals surface area (Å²) in [5.41, 5.74) is 0.468. The van der Waals surface area contributed by atoms with Crippen LogP contribution in [0.5, 0.6) is 0 Å². The molecule has 1 aromatic carbocycles. The Bertz CT molecular complexity index is 594. The van der Waals surface area contributed by atoms with Gasteiger partial charge in [0.2, 0.25) is 10.0 Å². The van der Waals surface area contributed by atoms with Gasteiger partial charge in [-0.1, -0.05) is 13.8 Å². The summed E-state index contributed by atoms with van der Waals surface area (Å²) >= 11 is 0. The highest BCUT2D eigenvalue weighted by Gasteiger charge is 2.23. The van der Waals surface area contributed by atoms with Crippen LogP contribution in [-0.4, -0.2) is 51.9 Å². The van der Waals surface area contributed by atoms with E-state index in [0.29, 0.717) is 25.2 Å². The maximum Gasteiger partial charge on any atom is 0.251 e. The van der Waals surface area contributed by atoms with E-state index in [9.17, 15) is 13.2 Å². The third kappa shape index (κ3) is 5.89. The van der Waals surface area contributed by atoms with Crippen LogP contribution in [0.15, 0.2) is 29.2 Å². The van der Waals surface area contributed by atoms with Crippen molar-refractivity contribution in [2.24, 2.45) is 0 Å². The number of hydrogen-bond acceptors (Lipinski definition) is 4.